The molecule has 2 rings (SSSR count). The van der Waals surface area contributed by atoms with Crippen LogP contribution in [0, 0.1) is 5.82 Å². The van der Waals surface area contributed by atoms with Crippen LogP contribution in [0.4, 0.5) is 15.8 Å². The number of benzene rings is 2. The van der Waals surface area contributed by atoms with Crippen LogP contribution in [0.2, 0.25) is 0 Å². The Hall–Kier alpha value is -2.56. The molecule has 4 N–H and O–H groups in total. The van der Waals surface area contributed by atoms with Gasteiger partial charge in [0.1, 0.15) is 11.6 Å². The van der Waals surface area contributed by atoms with Gasteiger partial charge in [-0.1, -0.05) is 12.1 Å². The SMILES string of the molecule is Nc1ccc(F)cc1NC(=O)Cc1ccc(O)cc1. The Labute approximate surface area is 109 Å². The Kier molecular flexibility index (Phi) is 3.66. The van der Waals surface area contributed by atoms with Crippen LogP contribution >= 0.6 is 0 Å². The highest BCUT2D eigenvalue weighted by molar-refractivity contribution is 5.95. The van der Waals surface area contributed by atoms with Gasteiger partial charge in [-0.25, -0.2) is 4.39 Å². The third kappa shape index (κ3) is 3.45. The highest BCUT2D eigenvalue weighted by atomic mass is 19.1. The van der Waals surface area contributed by atoms with Gasteiger partial charge < -0.3 is 16.2 Å². The number of phenolic OH excluding ortho intramolecular Hbond substituents is 1. The maximum Gasteiger partial charge on any atom is 0.228 e. The second-order valence-electron chi connectivity index (χ2n) is 4.12. The summed E-state index contributed by atoms with van der Waals surface area (Å²) in [5, 5.41) is 11.7. The van der Waals surface area contributed by atoms with Crippen molar-refractivity contribution in [1.29, 1.82) is 0 Å². The molecule has 98 valence electrons. The molecule has 0 spiro atoms. The third-order valence-corrected chi connectivity index (χ3v) is 2.59. The molecule has 0 aliphatic carbocycles. The smallest absolute Gasteiger partial charge is 0.228 e. The van der Waals surface area contributed by atoms with Gasteiger partial charge >= 0.3 is 0 Å². The number of amides is 1. The average molecular weight is 260 g/mol. The summed E-state index contributed by atoms with van der Waals surface area (Å²) in [6, 6.07) is 10.1. The number of halogens is 1. The fourth-order valence-electron chi connectivity index (χ4n) is 1.63. The molecule has 0 aliphatic heterocycles. The lowest BCUT2D eigenvalue weighted by Gasteiger charge is -2.08. The molecule has 1 amide bonds. The molecule has 5 heteroatoms. The van der Waals surface area contributed by atoms with Crippen LogP contribution in [-0.2, 0) is 11.2 Å². The molecular weight excluding hydrogens is 247 g/mol. The lowest BCUT2D eigenvalue weighted by molar-refractivity contribution is -0.115. The zero-order valence-electron chi connectivity index (χ0n) is 10.1. The van der Waals surface area contributed by atoms with Crippen LogP contribution in [0.3, 0.4) is 0 Å². The average Bonchev–Trinajstić information content (AvgIpc) is 2.37. The molecule has 0 aromatic heterocycles. The van der Waals surface area contributed by atoms with E-state index in [1.54, 1.807) is 12.1 Å². The molecule has 0 bridgehead atoms. The van der Waals surface area contributed by atoms with E-state index in [2.05, 4.69) is 5.32 Å². The van der Waals surface area contributed by atoms with Crippen LogP contribution < -0.4 is 11.1 Å². The van der Waals surface area contributed by atoms with Crippen molar-refractivity contribution in [3.8, 4) is 5.75 Å². The fraction of sp³-hybridized carbons (Fsp3) is 0.0714. The number of rotatable bonds is 3. The number of phenols is 1. The van der Waals surface area contributed by atoms with Crippen molar-refractivity contribution < 1.29 is 14.3 Å². The normalized spacial score (nSPS) is 10.2. The predicted molar refractivity (Wildman–Crippen MR) is 71.3 cm³/mol. The number of nitrogens with one attached hydrogen (secondary N) is 1. The zero-order valence-corrected chi connectivity index (χ0v) is 10.1. The summed E-state index contributed by atoms with van der Waals surface area (Å²) < 4.78 is 13.0. The number of anilines is 2. The van der Waals surface area contributed by atoms with Gasteiger partial charge in [-0.2, -0.15) is 0 Å². The van der Waals surface area contributed by atoms with E-state index in [9.17, 15) is 9.18 Å². The Bertz CT molecular complexity index is 597. The first-order chi connectivity index (χ1) is 9.04. The summed E-state index contributed by atoms with van der Waals surface area (Å²) in [4.78, 5) is 11.8. The number of aromatic hydroxyl groups is 1. The van der Waals surface area contributed by atoms with Gasteiger partial charge in [-0.05, 0) is 35.9 Å². The maximum atomic E-state index is 13.0. The molecule has 0 saturated carbocycles. The van der Waals surface area contributed by atoms with Crippen LogP contribution in [0.5, 0.6) is 5.75 Å². The Morgan fingerprint density at radius 2 is 1.89 bits per heavy atom. The van der Waals surface area contributed by atoms with Gasteiger partial charge in [0, 0.05) is 0 Å². The van der Waals surface area contributed by atoms with E-state index in [4.69, 9.17) is 10.8 Å². The van der Waals surface area contributed by atoms with E-state index in [1.165, 1.54) is 30.3 Å². The second-order valence-corrected chi connectivity index (χ2v) is 4.12. The number of carbonyl (C=O) groups is 1. The van der Waals surface area contributed by atoms with Crippen LogP contribution in [0.1, 0.15) is 5.56 Å². The van der Waals surface area contributed by atoms with Crippen molar-refractivity contribution in [3.63, 3.8) is 0 Å². The molecule has 0 unspecified atom stereocenters. The molecular formula is C14H13FN2O2. The number of hydrogen-bond donors (Lipinski definition) is 3. The summed E-state index contributed by atoms with van der Waals surface area (Å²) in [5.74, 6) is -0.629. The standard InChI is InChI=1S/C14H13FN2O2/c15-10-3-6-12(16)13(8-10)17-14(19)7-9-1-4-11(18)5-2-9/h1-6,8,18H,7,16H2,(H,17,19). The molecule has 2 aromatic carbocycles. The number of nitrogen functional groups attached to an aromatic ring is 1. The van der Waals surface area contributed by atoms with E-state index in [0.29, 0.717) is 5.69 Å². The van der Waals surface area contributed by atoms with Crippen molar-refractivity contribution in [3.05, 3.63) is 53.8 Å². The molecule has 0 atom stereocenters. The Morgan fingerprint density at radius 1 is 1.21 bits per heavy atom. The first kappa shape index (κ1) is 12.9. The van der Waals surface area contributed by atoms with Crippen LogP contribution in [0.15, 0.2) is 42.5 Å². The van der Waals surface area contributed by atoms with Gasteiger partial charge in [0.15, 0.2) is 0 Å². The number of hydrogen-bond acceptors (Lipinski definition) is 3. The molecule has 0 fully saturated rings. The summed E-state index contributed by atoms with van der Waals surface area (Å²) in [7, 11) is 0. The van der Waals surface area contributed by atoms with Gasteiger partial charge in [0.05, 0.1) is 17.8 Å². The van der Waals surface area contributed by atoms with E-state index >= 15 is 0 Å². The maximum absolute atomic E-state index is 13.0. The summed E-state index contributed by atoms with van der Waals surface area (Å²) in [6.45, 7) is 0. The van der Waals surface area contributed by atoms with Crippen molar-refractivity contribution in [2.24, 2.45) is 0 Å². The van der Waals surface area contributed by atoms with Crippen molar-refractivity contribution in [2.45, 2.75) is 6.42 Å². The zero-order chi connectivity index (χ0) is 13.8. The quantitative estimate of drug-likeness (QED) is 0.741. The predicted octanol–water partition coefficient (Wildman–Crippen LogP) is 2.29. The number of carbonyl (C=O) groups excluding carboxylic acids is 1. The largest absolute Gasteiger partial charge is 0.508 e. The Balaban J connectivity index is 2.05. The lowest BCUT2D eigenvalue weighted by Crippen LogP contribution is -2.15. The first-order valence-corrected chi connectivity index (χ1v) is 5.67. The minimum absolute atomic E-state index is 0.121. The van der Waals surface area contributed by atoms with E-state index in [0.717, 1.165) is 5.56 Å². The molecule has 19 heavy (non-hydrogen) atoms. The van der Waals surface area contributed by atoms with Gasteiger partial charge in [-0.3, -0.25) is 4.79 Å². The minimum Gasteiger partial charge on any atom is -0.508 e. The van der Waals surface area contributed by atoms with E-state index in [1.807, 2.05) is 0 Å². The molecule has 0 heterocycles. The fourth-order valence-corrected chi connectivity index (χ4v) is 1.63. The number of nitrogens with two attached hydrogens (primary N) is 1. The van der Waals surface area contributed by atoms with Gasteiger partial charge in [0.2, 0.25) is 5.91 Å². The van der Waals surface area contributed by atoms with Gasteiger partial charge in [-0.15, -0.1) is 0 Å². The summed E-state index contributed by atoms with van der Waals surface area (Å²) >= 11 is 0. The molecule has 2 aromatic rings. The van der Waals surface area contributed by atoms with E-state index in [-0.39, 0.29) is 23.8 Å². The van der Waals surface area contributed by atoms with Crippen molar-refractivity contribution in [1.82, 2.24) is 0 Å². The highest BCUT2D eigenvalue weighted by Gasteiger charge is 2.07. The molecule has 0 radical (unpaired) electrons. The van der Waals surface area contributed by atoms with Crippen molar-refractivity contribution >= 4 is 17.3 Å². The monoisotopic (exact) mass is 260 g/mol. The third-order valence-electron chi connectivity index (χ3n) is 2.59. The van der Waals surface area contributed by atoms with Crippen molar-refractivity contribution in [2.75, 3.05) is 11.1 Å². The highest BCUT2D eigenvalue weighted by Crippen LogP contribution is 2.19. The second kappa shape index (κ2) is 5.39. The van der Waals surface area contributed by atoms with Crippen LogP contribution in [-0.4, -0.2) is 11.0 Å². The van der Waals surface area contributed by atoms with Crippen LogP contribution in [0.25, 0.3) is 0 Å². The summed E-state index contributed by atoms with van der Waals surface area (Å²) in [5.41, 5.74) is 6.94. The van der Waals surface area contributed by atoms with E-state index < -0.39 is 5.82 Å². The Morgan fingerprint density at radius 3 is 2.58 bits per heavy atom. The topological polar surface area (TPSA) is 75.3 Å². The first-order valence-electron chi connectivity index (χ1n) is 5.67. The van der Waals surface area contributed by atoms with Gasteiger partial charge in [0.25, 0.3) is 0 Å². The minimum atomic E-state index is -0.464. The lowest BCUT2D eigenvalue weighted by atomic mass is 10.1. The molecule has 4 nitrogen and oxygen atoms in total. The summed E-state index contributed by atoms with van der Waals surface area (Å²) in [6.07, 6.45) is 0.121. The molecule has 0 saturated heterocycles. The molecule has 0 aliphatic rings.